The van der Waals surface area contributed by atoms with Crippen molar-refractivity contribution in [2.24, 2.45) is 4.99 Å². The van der Waals surface area contributed by atoms with Gasteiger partial charge in [-0.2, -0.15) is 0 Å². The first kappa shape index (κ1) is 19.9. The normalized spacial score (nSPS) is 20.8. The van der Waals surface area contributed by atoms with Gasteiger partial charge in [-0.3, -0.25) is 4.99 Å². The zero-order valence-corrected chi connectivity index (χ0v) is 18.9. The van der Waals surface area contributed by atoms with E-state index >= 15 is 0 Å². The van der Waals surface area contributed by atoms with Crippen LogP contribution in [0.2, 0.25) is 0 Å². The number of ether oxygens (including phenoxy) is 3. The summed E-state index contributed by atoms with van der Waals surface area (Å²) in [6, 6.07) is 14.9. The van der Waals surface area contributed by atoms with Crippen molar-refractivity contribution >= 4 is 27.8 Å². The number of pyridine rings is 1. The molecule has 0 radical (unpaired) electrons. The highest BCUT2D eigenvalue weighted by Gasteiger charge is 2.26. The molecular formula is C25H25N3O3S. The van der Waals surface area contributed by atoms with Crippen LogP contribution in [0.25, 0.3) is 10.9 Å². The van der Waals surface area contributed by atoms with Crippen LogP contribution in [0.15, 0.2) is 52.5 Å². The molecule has 2 aromatic carbocycles. The first-order valence-electron chi connectivity index (χ1n) is 11.1. The fourth-order valence-electron chi connectivity index (χ4n) is 4.43. The fourth-order valence-corrected chi connectivity index (χ4v) is 5.40. The molecule has 3 aliphatic rings. The molecule has 7 heteroatoms. The van der Waals surface area contributed by atoms with Crippen molar-refractivity contribution in [1.29, 1.82) is 0 Å². The maximum Gasteiger partial charge on any atom is 0.231 e. The van der Waals surface area contributed by atoms with Crippen LogP contribution in [0.4, 0.5) is 0 Å². The molecular weight excluding hydrogens is 422 g/mol. The highest BCUT2D eigenvalue weighted by Crippen LogP contribution is 2.36. The van der Waals surface area contributed by atoms with Crippen molar-refractivity contribution in [2.75, 3.05) is 19.9 Å². The molecule has 1 aromatic heterocycles. The highest BCUT2D eigenvalue weighted by atomic mass is 32.2. The number of hydrogen-bond acceptors (Lipinski definition) is 6. The van der Waals surface area contributed by atoms with Gasteiger partial charge in [-0.25, -0.2) is 4.98 Å². The highest BCUT2D eigenvalue weighted by molar-refractivity contribution is 8.13. The van der Waals surface area contributed by atoms with Crippen molar-refractivity contribution in [2.45, 2.75) is 44.0 Å². The van der Waals surface area contributed by atoms with Gasteiger partial charge in [-0.05, 0) is 67.4 Å². The lowest BCUT2D eigenvalue weighted by molar-refractivity contribution is 0.117. The molecule has 1 atom stereocenters. The Bertz CT molecular complexity index is 1210. The Hall–Kier alpha value is -2.77. The Morgan fingerprint density at radius 3 is 2.97 bits per heavy atom. The molecule has 3 aliphatic heterocycles. The van der Waals surface area contributed by atoms with E-state index in [1.54, 1.807) is 11.8 Å². The molecule has 6 rings (SSSR count). The van der Waals surface area contributed by atoms with E-state index in [2.05, 4.69) is 48.2 Å². The molecule has 0 amide bonds. The largest absolute Gasteiger partial charge is 0.454 e. The molecule has 3 aromatic rings. The van der Waals surface area contributed by atoms with E-state index in [4.69, 9.17) is 24.2 Å². The minimum Gasteiger partial charge on any atom is -0.454 e. The molecule has 4 heterocycles. The summed E-state index contributed by atoms with van der Waals surface area (Å²) in [6.07, 6.45) is 2.44. The molecule has 0 aliphatic carbocycles. The summed E-state index contributed by atoms with van der Waals surface area (Å²) in [5.74, 6) is 1.62. The van der Waals surface area contributed by atoms with Crippen molar-refractivity contribution in [3.05, 3.63) is 59.2 Å². The van der Waals surface area contributed by atoms with Crippen LogP contribution < -0.4 is 9.47 Å². The Kier molecular flexibility index (Phi) is 5.15. The molecule has 0 bridgehead atoms. The molecule has 1 fully saturated rings. The number of amidine groups is 1. The Labute approximate surface area is 191 Å². The summed E-state index contributed by atoms with van der Waals surface area (Å²) in [4.78, 5) is 12.3. The zero-order valence-electron chi connectivity index (χ0n) is 18.0. The third-order valence-corrected chi connectivity index (χ3v) is 7.21. The third-order valence-electron chi connectivity index (χ3n) is 6.09. The van der Waals surface area contributed by atoms with Crippen LogP contribution in [0.1, 0.15) is 29.5 Å². The average molecular weight is 448 g/mol. The van der Waals surface area contributed by atoms with Gasteiger partial charge < -0.3 is 19.1 Å². The van der Waals surface area contributed by atoms with E-state index in [1.165, 1.54) is 22.1 Å². The van der Waals surface area contributed by atoms with Gasteiger partial charge in [0.1, 0.15) is 5.03 Å². The predicted molar refractivity (Wildman–Crippen MR) is 125 cm³/mol. The number of thioether (sulfide) groups is 1. The number of benzene rings is 2. The van der Waals surface area contributed by atoms with Crippen LogP contribution in [0.5, 0.6) is 11.5 Å². The number of fused-ring (bicyclic) bond motifs is 3. The maximum absolute atomic E-state index is 5.81. The van der Waals surface area contributed by atoms with Crippen molar-refractivity contribution in [3.63, 3.8) is 0 Å². The van der Waals surface area contributed by atoms with Gasteiger partial charge in [0.2, 0.25) is 6.79 Å². The van der Waals surface area contributed by atoms with E-state index in [0.29, 0.717) is 6.54 Å². The number of nitrogens with zero attached hydrogens (tertiary/aromatic N) is 3. The number of hydrogen-bond donors (Lipinski definition) is 0. The lowest BCUT2D eigenvalue weighted by Gasteiger charge is -2.31. The zero-order chi connectivity index (χ0) is 21.5. The topological polar surface area (TPSA) is 56.2 Å². The van der Waals surface area contributed by atoms with E-state index in [1.807, 2.05) is 6.07 Å². The lowest BCUT2D eigenvalue weighted by Crippen LogP contribution is -2.32. The van der Waals surface area contributed by atoms with Crippen LogP contribution in [0.3, 0.4) is 0 Å². The smallest absolute Gasteiger partial charge is 0.231 e. The number of aryl methyl sites for hydroxylation is 1. The fraction of sp³-hybridized carbons (Fsp3) is 0.360. The first-order chi connectivity index (χ1) is 15.7. The molecule has 0 N–H and O–H groups in total. The first-order valence-corrected chi connectivity index (χ1v) is 11.9. The Balaban J connectivity index is 1.33. The number of aromatic nitrogens is 1. The van der Waals surface area contributed by atoms with Gasteiger partial charge >= 0.3 is 0 Å². The lowest BCUT2D eigenvalue weighted by atomic mass is 10.1. The summed E-state index contributed by atoms with van der Waals surface area (Å²) in [7, 11) is 0. The minimum atomic E-state index is 0.226. The summed E-state index contributed by atoms with van der Waals surface area (Å²) >= 11 is 1.67. The van der Waals surface area contributed by atoms with Crippen LogP contribution in [-0.4, -0.2) is 41.1 Å². The van der Waals surface area contributed by atoms with E-state index in [0.717, 1.165) is 59.7 Å². The molecule has 32 heavy (non-hydrogen) atoms. The van der Waals surface area contributed by atoms with Gasteiger partial charge in [0.15, 0.2) is 16.7 Å². The molecule has 0 spiro atoms. The van der Waals surface area contributed by atoms with Gasteiger partial charge in [0, 0.05) is 30.6 Å². The molecule has 1 saturated heterocycles. The quantitative estimate of drug-likeness (QED) is 0.566. The maximum atomic E-state index is 5.81. The van der Waals surface area contributed by atoms with E-state index in [-0.39, 0.29) is 12.9 Å². The number of rotatable bonds is 4. The van der Waals surface area contributed by atoms with Gasteiger partial charge in [-0.15, -0.1) is 0 Å². The summed E-state index contributed by atoms with van der Waals surface area (Å²) in [5.41, 5.74) is 4.70. The van der Waals surface area contributed by atoms with E-state index in [9.17, 15) is 0 Å². The molecule has 0 saturated carbocycles. The molecule has 6 nitrogen and oxygen atoms in total. The summed E-state index contributed by atoms with van der Waals surface area (Å²) in [5, 5.41) is 3.24. The molecule has 164 valence electrons. The minimum absolute atomic E-state index is 0.226. The Morgan fingerprint density at radius 1 is 1.12 bits per heavy atom. The molecule has 1 unspecified atom stereocenters. The van der Waals surface area contributed by atoms with Gasteiger partial charge in [0.05, 0.1) is 18.2 Å². The van der Waals surface area contributed by atoms with Crippen molar-refractivity contribution in [3.8, 4) is 11.5 Å². The standard InChI is InChI=1S/C25H25N3O3S/c1-16-4-6-21-18(9-16)11-19-14-28(13-17-5-7-22-23(10-17)31-15-30-22)25(32-24(19)27-21)26-12-20-3-2-8-29-20/h4-7,9-11,20H,2-3,8,12-15H2,1H3. The second kappa shape index (κ2) is 8.30. The van der Waals surface area contributed by atoms with Crippen LogP contribution >= 0.6 is 11.8 Å². The predicted octanol–water partition coefficient (Wildman–Crippen LogP) is 4.91. The Morgan fingerprint density at radius 2 is 2.06 bits per heavy atom. The summed E-state index contributed by atoms with van der Waals surface area (Å²) < 4.78 is 16.9. The van der Waals surface area contributed by atoms with Crippen molar-refractivity contribution in [1.82, 2.24) is 9.88 Å². The van der Waals surface area contributed by atoms with E-state index < -0.39 is 0 Å². The monoisotopic (exact) mass is 447 g/mol. The van der Waals surface area contributed by atoms with Crippen molar-refractivity contribution < 1.29 is 14.2 Å². The second-order valence-corrected chi connectivity index (χ2v) is 9.51. The van der Waals surface area contributed by atoms with Crippen LogP contribution in [0, 0.1) is 6.92 Å². The summed E-state index contributed by atoms with van der Waals surface area (Å²) in [6.45, 7) is 5.48. The SMILES string of the molecule is Cc1ccc2nc3c(cc2c1)CN(Cc1ccc2c(c1)OCO2)C(=NCC1CCCO1)S3. The van der Waals surface area contributed by atoms with Crippen LogP contribution in [-0.2, 0) is 17.8 Å². The average Bonchev–Trinajstić information content (AvgIpc) is 3.48. The number of aliphatic imine (C=N–C) groups is 1. The van der Waals surface area contributed by atoms with Gasteiger partial charge in [0.25, 0.3) is 0 Å². The van der Waals surface area contributed by atoms with Gasteiger partial charge in [-0.1, -0.05) is 17.7 Å². The second-order valence-electron chi connectivity index (χ2n) is 8.55. The third kappa shape index (κ3) is 3.91.